The summed E-state index contributed by atoms with van der Waals surface area (Å²) in [5.74, 6) is 0.118. The number of anilines is 2. The van der Waals surface area contributed by atoms with Crippen LogP contribution in [0.25, 0.3) is 28.1 Å². The Morgan fingerprint density at radius 1 is 1.06 bits per heavy atom. The molecule has 3 N–H and O–H groups in total. The number of carbonyl (C=O) groups is 1. The molecule has 0 saturated carbocycles. The van der Waals surface area contributed by atoms with E-state index in [0.29, 0.717) is 6.42 Å². The largest absolute Gasteiger partial charge is 0.388 e. The molecule has 0 aliphatic carbocycles. The van der Waals surface area contributed by atoms with E-state index in [2.05, 4.69) is 65.5 Å². The molecule has 1 aromatic heterocycles. The number of aromatic amines is 1. The first kappa shape index (κ1) is 20.5. The number of fused-ring (bicyclic) bond motifs is 1. The summed E-state index contributed by atoms with van der Waals surface area (Å²) in [6, 6.07) is 22.5. The fourth-order valence-electron chi connectivity index (χ4n) is 4.05. The van der Waals surface area contributed by atoms with Gasteiger partial charge in [-0.1, -0.05) is 62.0 Å². The molecule has 156 valence electrons. The molecule has 0 saturated heterocycles. The number of nitrogens with one attached hydrogen (secondary N) is 3. The van der Waals surface area contributed by atoms with E-state index in [-0.39, 0.29) is 11.8 Å². The van der Waals surface area contributed by atoms with E-state index in [1.165, 1.54) is 0 Å². The van der Waals surface area contributed by atoms with Gasteiger partial charge in [-0.2, -0.15) is 0 Å². The fourth-order valence-corrected chi connectivity index (χ4v) is 4.05. The Kier molecular flexibility index (Phi) is 5.89. The molecule has 0 spiro atoms. The van der Waals surface area contributed by atoms with Crippen molar-refractivity contribution in [3.8, 4) is 11.1 Å². The standard InChI is InChI=1S/C27H27N3O/c1-4-21-25(28-3)16-20(22-11-8-12-24-23(22)13-14-29-24)17-26(21)30-27(31)15-18(2)19-9-6-5-7-10-19/h4-14,16-18,28-29H,1,15H2,2-3H3,(H,30,31). The SMILES string of the molecule is C=Cc1c(NC)cc(-c2cccc3[nH]ccc23)cc1NC(=O)CC(C)c1ccccc1. The van der Waals surface area contributed by atoms with Gasteiger partial charge < -0.3 is 15.6 Å². The zero-order chi connectivity index (χ0) is 21.8. The van der Waals surface area contributed by atoms with Gasteiger partial charge in [-0.15, -0.1) is 0 Å². The van der Waals surface area contributed by atoms with Crippen LogP contribution in [0.2, 0.25) is 0 Å². The van der Waals surface area contributed by atoms with Crippen molar-refractivity contribution in [3.63, 3.8) is 0 Å². The summed E-state index contributed by atoms with van der Waals surface area (Å²) < 4.78 is 0. The minimum atomic E-state index is -0.0153. The quantitative estimate of drug-likeness (QED) is 0.320. The molecule has 1 heterocycles. The molecular formula is C27H27N3O. The minimum Gasteiger partial charge on any atom is -0.388 e. The first-order chi connectivity index (χ1) is 15.1. The van der Waals surface area contributed by atoms with Gasteiger partial charge in [-0.25, -0.2) is 0 Å². The van der Waals surface area contributed by atoms with Crippen molar-refractivity contribution >= 4 is 34.3 Å². The Hall–Kier alpha value is -3.79. The maximum atomic E-state index is 12.9. The molecule has 4 aromatic rings. The van der Waals surface area contributed by atoms with Crippen LogP contribution in [0.15, 0.2) is 79.5 Å². The Morgan fingerprint density at radius 3 is 2.58 bits per heavy atom. The molecule has 0 bridgehead atoms. The monoisotopic (exact) mass is 409 g/mol. The smallest absolute Gasteiger partial charge is 0.224 e. The molecule has 0 aliphatic heterocycles. The first-order valence-corrected chi connectivity index (χ1v) is 10.5. The van der Waals surface area contributed by atoms with Gasteiger partial charge in [0.1, 0.15) is 0 Å². The summed E-state index contributed by atoms with van der Waals surface area (Å²) in [5, 5.41) is 7.52. The number of rotatable bonds is 7. The molecule has 4 rings (SSSR count). The highest BCUT2D eigenvalue weighted by Gasteiger charge is 2.16. The molecule has 4 nitrogen and oxygen atoms in total. The highest BCUT2D eigenvalue weighted by molar-refractivity contribution is 6.00. The second-order valence-electron chi connectivity index (χ2n) is 7.75. The van der Waals surface area contributed by atoms with E-state index < -0.39 is 0 Å². The van der Waals surface area contributed by atoms with Crippen molar-refractivity contribution in [3.05, 3.63) is 90.6 Å². The van der Waals surface area contributed by atoms with E-state index in [1.54, 1.807) is 6.08 Å². The molecule has 31 heavy (non-hydrogen) atoms. The van der Waals surface area contributed by atoms with E-state index in [0.717, 1.165) is 44.5 Å². The van der Waals surface area contributed by atoms with Crippen LogP contribution in [0, 0.1) is 0 Å². The Bertz CT molecular complexity index is 1220. The summed E-state index contributed by atoms with van der Waals surface area (Å²) in [4.78, 5) is 16.2. The molecule has 0 radical (unpaired) electrons. The number of benzene rings is 3. The lowest BCUT2D eigenvalue weighted by Crippen LogP contribution is -2.15. The maximum Gasteiger partial charge on any atom is 0.224 e. The number of carbonyl (C=O) groups excluding carboxylic acids is 1. The van der Waals surface area contributed by atoms with Crippen LogP contribution in [0.1, 0.15) is 30.4 Å². The fraction of sp³-hybridized carbons (Fsp3) is 0.148. The van der Waals surface area contributed by atoms with Crippen LogP contribution >= 0.6 is 0 Å². The number of amides is 1. The lowest BCUT2D eigenvalue weighted by Gasteiger charge is -2.17. The molecule has 0 aliphatic rings. The van der Waals surface area contributed by atoms with Crippen LogP contribution in [-0.4, -0.2) is 17.9 Å². The summed E-state index contributed by atoms with van der Waals surface area (Å²) >= 11 is 0. The second kappa shape index (κ2) is 8.92. The van der Waals surface area contributed by atoms with Gasteiger partial charge >= 0.3 is 0 Å². The number of hydrogen-bond donors (Lipinski definition) is 3. The van der Waals surface area contributed by atoms with Crippen LogP contribution in [0.3, 0.4) is 0 Å². The average molecular weight is 410 g/mol. The zero-order valence-corrected chi connectivity index (χ0v) is 17.9. The van der Waals surface area contributed by atoms with Gasteiger partial charge in [0.2, 0.25) is 5.91 Å². The summed E-state index contributed by atoms with van der Waals surface area (Å²) in [7, 11) is 1.88. The van der Waals surface area contributed by atoms with Crippen molar-refractivity contribution in [2.45, 2.75) is 19.3 Å². The Labute approximate surface area is 183 Å². The van der Waals surface area contributed by atoms with Crippen molar-refractivity contribution in [1.82, 2.24) is 4.98 Å². The van der Waals surface area contributed by atoms with Crippen molar-refractivity contribution in [2.75, 3.05) is 17.7 Å². The van der Waals surface area contributed by atoms with E-state index >= 15 is 0 Å². The van der Waals surface area contributed by atoms with Gasteiger partial charge in [0.25, 0.3) is 0 Å². The second-order valence-corrected chi connectivity index (χ2v) is 7.75. The van der Waals surface area contributed by atoms with Crippen LogP contribution in [-0.2, 0) is 4.79 Å². The lowest BCUT2D eigenvalue weighted by atomic mass is 9.96. The van der Waals surface area contributed by atoms with Crippen LogP contribution in [0.4, 0.5) is 11.4 Å². The van der Waals surface area contributed by atoms with Gasteiger partial charge in [0.15, 0.2) is 0 Å². The number of aromatic nitrogens is 1. The maximum absolute atomic E-state index is 12.9. The third-order valence-corrected chi connectivity index (χ3v) is 5.69. The van der Waals surface area contributed by atoms with Crippen molar-refractivity contribution in [1.29, 1.82) is 0 Å². The zero-order valence-electron chi connectivity index (χ0n) is 17.9. The predicted octanol–water partition coefficient (Wildman–Crippen LogP) is 6.65. The number of hydrogen-bond acceptors (Lipinski definition) is 2. The highest BCUT2D eigenvalue weighted by atomic mass is 16.1. The molecule has 1 atom stereocenters. The lowest BCUT2D eigenvalue weighted by molar-refractivity contribution is -0.116. The Morgan fingerprint density at radius 2 is 1.84 bits per heavy atom. The summed E-state index contributed by atoms with van der Waals surface area (Å²) in [6.45, 7) is 6.04. The van der Waals surface area contributed by atoms with Crippen LogP contribution < -0.4 is 10.6 Å². The van der Waals surface area contributed by atoms with Gasteiger partial charge in [-0.3, -0.25) is 4.79 Å². The topological polar surface area (TPSA) is 56.9 Å². The first-order valence-electron chi connectivity index (χ1n) is 10.5. The van der Waals surface area contributed by atoms with E-state index in [1.807, 2.05) is 43.6 Å². The van der Waals surface area contributed by atoms with Crippen molar-refractivity contribution < 1.29 is 4.79 Å². The molecular weight excluding hydrogens is 382 g/mol. The normalized spacial score (nSPS) is 11.8. The third kappa shape index (κ3) is 4.24. The molecule has 1 unspecified atom stereocenters. The number of H-pyrrole nitrogens is 1. The van der Waals surface area contributed by atoms with Gasteiger partial charge in [-0.05, 0) is 46.9 Å². The molecule has 3 aromatic carbocycles. The molecule has 1 amide bonds. The third-order valence-electron chi connectivity index (χ3n) is 5.69. The molecule has 4 heteroatoms. The molecule has 0 fully saturated rings. The average Bonchev–Trinajstić information content (AvgIpc) is 3.28. The van der Waals surface area contributed by atoms with Gasteiger partial charge in [0.05, 0.1) is 5.69 Å². The van der Waals surface area contributed by atoms with Crippen molar-refractivity contribution in [2.24, 2.45) is 0 Å². The van der Waals surface area contributed by atoms with Gasteiger partial charge in [0, 0.05) is 41.8 Å². The summed E-state index contributed by atoms with van der Waals surface area (Å²) in [5.41, 5.74) is 6.95. The minimum absolute atomic E-state index is 0.0153. The highest BCUT2D eigenvalue weighted by Crippen LogP contribution is 2.36. The van der Waals surface area contributed by atoms with E-state index in [4.69, 9.17) is 0 Å². The van der Waals surface area contributed by atoms with E-state index in [9.17, 15) is 4.79 Å². The Balaban J connectivity index is 1.68. The van der Waals surface area contributed by atoms with Crippen LogP contribution in [0.5, 0.6) is 0 Å². The predicted molar refractivity (Wildman–Crippen MR) is 131 cm³/mol. The summed E-state index contributed by atoms with van der Waals surface area (Å²) in [6.07, 6.45) is 4.13.